The van der Waals surface area contributed by atoms with Crippen molar-refractivity contribution in [3.63, 3.8) is 0 Å². The number of carbonyl (C=O) groups is 2. The Labute approximate surface area is 189 Å². The Morgan fingerprint density at radius 3 is 1.68 bits per heavy atom. The summed E-state index contributed by atoms with van der Waals surface area (Å²) in [5.74, 6) is -2.43. The second-order valence-electron chi connectivity index (χ2n) is 6.23. The molecule has 0 aromatic rings. The first-order valence-electron chi connectivity index (χ1n) is 7.53. The molecule has 0 bridgehead atoms. The second kappa shape index (κ2) is 18.9. The van der Waals surface area contributed by atoms with Crippen molar-refractivity contribution in [1.82, 2.24) is 0 Å². The summed E-state index contributed by atoms with van der Waals surface area (Å²) in [5, 5.41) is 18.6. The van der Waals surface area contributed by atoms with E-state index in [1.165, 1.54) is 38.5 Å². The fourth-order valence-corrected chi connectivity index (χ4v) is 1.59. The van der Waals surface area contributed by atoms with Gasteiger partial charge >= 0.3 is 153 Å². The minimum Gasteiger partial charge on any atom is 1.00 e. The summed E-state index contributed by atoms with van der Waals surface area (Å²) in [5.41, 5.74) is 0. The molecule has 0 aliphatic rings. The zero-order valence-electron chi connectivity index (χ0n) is 15.7. The van der Waals surface area contributed by atoms with Gasteiger partial charge in [-0.15, -0.1) is 0 Å². The van der Waals surface area contributed by atoms with Gasteiger partial charge in [0.2, 0.25) is 0 Å². The van der Waals surface area contributed by atoms with Crippen LogP contribution in [0, 0.1) is 5.92 Å². The molecular formula is C15H27LiNa2O4. The van der Waals surface area contributed by atoms with E-state index in [1.54, 1.807) is 0 Å². The van der Waals surface area contributed by atoms with Crippen molar-refractivity contribution in [1.29, 1.82) is 0 Å². The molecule has 1 unspecified atom stereocenters. The van der Waals surface area contributed by atoms with E-state index in [-0.39, 0.29) is 59.1 Å². The summed E-state index contributed by atoms with van der Waals surface area (Å²) in [4.78, 5) is 18.6. The number of hydrogen-bond acceptors (Lipinski definition) is 4. The van der Waals surface area contributed by atoms with Crippen molar-refractivity contribution in [2.24, 2.45) is 5.92 Å². The van der Waals surface area contributed by atoms with Gasteiger partial charge in [0.25, 0.3) is 0 Å². The molecule has 0 aliphatic heterocycles. The molecule has 1 atom stereocenters. The van der Waals surface area contributed by atoms with E-state index in [9.17, 15) is 19.8 Å². The molecule has 7 heteroatoms. The molecule has 0 saturated heterocycles. The monoisotopic (exact) mass is 324 g/mol. The molecule has 0 saturated carbocycles. The SMILES string of the molecule is O=C([O-])CC(=O)[O-].[Li][C](C)(CCCCCCC)C(C)C.[Na+].[Na+]. The maximum atomic E-state index is 9.28. The number of aliphatic carboxylic acids is 2. The Morgan fingerprint density at radius 1 is 1.00 bits per heavy atom. The van der Waals surface area contributed by atoms with Gasteiger partial charge in [-0.2, -0.15) is 0 Å². The van der Waals surface area contributed by atoms with Gasteiger partial charge in [-0.3, -0.25) is 0 Å². The number of rotatable bonds is 9. The van der Waals surface area contributed by atoms with Crippen molar-refractivity contribution < 1.29 is 78.9 Å². The maximum absolute atomic E-state index is 9.28. The quantitative estimate of drug-likeness (QED) is 0.242. The van der Waals surface area contributed by atoms with Gasteiger partial charge < -0.3 is 19.8 Å². The maximum Gasteiger partial charge on any atom is 1.00 e. The van der Waals surface area contributed by atoms with E-state index >= 15 is 0 Å². The average Bonchev–Trinajstić information content (AvgIpc) is 2.27. The van der Waals surface area contributed by atoms with Crippen LogP contribution in [0.1, 0.15) is 72.6 Å². The Kier molecular flexibility index (Phi) is 26.9. The van der Waals surface area contributed by atoms with Crippen molar-refractivity contribution in [3.8, 4) is 0 Å². The van der Waals surface area contributed by atoms with Crippen molar-refractivity contribution in [2.45, 2.75) is 76.7 Å². The topological polar surface area (TPSA) is 80.3 Å². The first-order chi connectivity index (χ1) is 9.13. The number of carboxylic acids is 2. The molecular weight excluding hydrogens is 297 g/mol. The fourth-order valence-electron chi connectivity index (χ4n) is 1.59. The van der Waals surface area contributed by atoms with E-state index in [0.717, 1.165) is 5.92 Å². The predicted molar refractivity (Wildman–Crippen MR) is 77.0 cm³/mol. The normalized spacial score (nSPS) is 12.1. The van der Waals surface area contributed by atoms with Gasteiger partial charge in [-0.1, -0.05) is 0 Å². The van der Waals surface area contributed by atoms with E-state index in [2.05, 4.69) is 45.4 Å². The summed E-state index contributed by atoms with van der Waals surface area (Å²) in [6, 6.07) is 0. The van der Waals surface area contributed by atoms with Gasteiger partial charge in [0.05, 0.1) is 0 Å². The first kappa shape index (κ1) is 31.3. The number of unbranched alkanes of at least 4 members (excludes halogenated alkanes) is 4. The Bertz CT molecular complexity index is 273. The summed E-state index contributed by atoms with van der Waals surface area (Å²) < 4.78 is 0.548. The summed E-state index contributed by atoms with van der Waals surface area (Å²) in [7, 11) is 0. The predicted octanol–water partition coefficient (Wildman–Crippen LogP) is -4.77. The fraction of sp³-hybridized carbons (Fsp3) is 0.867. The van der Waals surface area contributed by atoms with Crippen LogP contribution in [-0.4, -0.2) is 29.7 Å². The molecule has 22 heavy (non-hydrogen) atoms. The van der Waals surface area contributed by atoms with Crippen LogP contribution in [0.5, 0.6) is 0 Å². The number of hydrogen-bond donors (Lipinski definition) is 0. The van der Waals surface area contributed by atoms with Crippen LogP contribution in [0.3, 0.4) is 0 Å². The zero-order chi connectivity index (χ0) is 16.2. The van der Waals surface area contributed by atoms with Crippen LogP contribution in [0.15, 0.2) is 0 Å². The van der Waals surface area contributed by atoms with Gasteiger partial charge in [0.1, 0.15) is 0 Å². The van der Waals surface area contributed by atoms with Crippen molar-refractivity contribution >= 4 is 29.7 Å². The largest absolute Gasteiger partial charge is 1.00 e. The molecule has 114 valence electrons. The minimum atomic E-state index is -1.63. The third-order valence-corrected chi connectivity index (χ3v) is 3.78. The number of carbonyl (C=O) groups excluding carboxylic acids is 2. The van der Waals surface area contributed by atoms with E-state index in [1.807, 2.05) is 0 Å². The molecule has 0 fully saturated rings. The third kappa shape index (κ3) is 23.8. The first-order valence-corrected chi connectivity index (χ1v) is 7.53. The smallest absolute Gasteiger partial charge is 1.00 e. The van der Waals surface area contributed by atoms with Crippen LogP contribution >= 0.6 is 0 Å². The molecule has 0 rings (SSSR count). The van der Waals surface area contributed by atoms with Crippen LogP contribution in [0.2, 0.25) is 4.09 Å². The molecule has 0 amide bonds. The van der Waals surface area contributed by atoms with Crippen LogP contribution in [0.4, 0.5) is 0 Å². The molecule has 0 aliphatic carbocycles. The summed E-state index contributed by atoms with van der Waals surface area (Å²) in [6.07, 6.45) is 7.43. The number of carboxylic acid groups (broad SMARTS) is 2. The average molecular weight is 324 g/mol. The Morgan fingerprint density at radius 2 is 1.41 bits per heavy atom. The second-order valence-corrected chi connectivity index (χ2v) is 6.23. The van der Waals surface area contributed by atoms with E-state index in [0.29, 0.717) is 4.09 Å². The Balaban J connectivity index is -0.000000156. The van der Waals surface area contributed by atoms with Gasteiger partial charge in [-0.05, 0) is 0 Å². The minimum absolute atomic E-state index is 0. The molecule has 0 N–H and O–H groups in total. The van der Waals surface area contributed by atoms with Gasteiger partial charge in [-0.25, -0.2) is 0 Å². The van der Waals surface area contributed by atoms with Crippen LogP contribution in [-0.2, 0) is 9.59 Å². The molecule has 0 heterocycles. The summed E-state index contributed by atoms with van der Waals surface area (Å²) >= 11 is 2.40. The van der Waals surface area contributed by atoms with E-state index in [4.69, 9.17) is 0 Å². The standard InChI is InChI=1S/C12H25.C3H4O4.Li.2Na/c1-5-6-7-8-9-10-12(4)11(2)3;4-2(5)1-3(6)7;;;/h11H,5-10H2,1-4H3;1H2,(H,4,5)(H,6,7);;;/q;;;2*+1/p-2. The Hall–Kier alpha value is 1.54. The van der Waals surface area contributed by atoms with E-state index < -0.39 is 18.4 Å². The molecule has 0 aromatic heterocycles. The van der Waals surface area contributed by atoms with Crippen molar-refractivity contribution in [3.05, 3.63) is 0 Å². The van der Waals surface area contributed by atoms with Gasteiger partial charge in [0.15, 0.2) is 0 Å². The van der Waals surface area contributed by atoms with Gasteiger partial charge in [0, 0.05) is 18.4 Å². The van der Waals surface area contributed by atoms with Crippen LogP contribution < -0.4 is 69.3 Å². The zero-order valence-corrected chi connectivity index (χ0v) is 19.7. The molecule has 0 radical (unpaired) electrons. The molecule has 0 aromatic carbocycles. The molecule has 4 nitrogen and oxygen atoms in total. The summed E-state index contributed by atoms with van der Waals surface area (Å²) in [6.45, 7) is 9.35. The molecule has 0 spiro atoms. The third-order valence-electron chi connectivity index (χ3n) is 3.78. The van der Waals surface area contributed by atoms with Crippen LogP contribution in [0.25, 0.3) is 0 Å². The van der Waals surface area contributed by atoms with Crippen molar-refractivity contribution in [2.75, 3.05) is 0 Å².